The number of rotatable bonds is 4. The van der Waals surface area contributed by atoms with Crippen molar-refractivity contribution in [1.82, 2.24) is 5.32 Å². The standard InChI is InChI=1S/C15H21NO3/c1-2-3-10-19-15(18)16-14-12-7-5-4-6-11(12)8-9-13(14)17/h4-7,13-14,17H,2-3,8-10H2,1H3,(H,16,18). The number of unbranched alkanes of at least 4 members (excludes halogenated alkanes) is 1. The summed E-state index contributed by atoms with van der Waals surface area (Å²) < 4.78 is 5.09. The summed E-state index contributed by atoms with van der Waals surface area (Å²) in [5.41, 5.74) is 2.18. The van der Waals surface area contributed by atoms with Crippen molar-refractivity contribution in [3.05, 3.63) is 35.4 Å². The molecule has 0 saturated heterocycles. The zero-order valence-corrected chi connectivity index (χ0v) is 11.3. The minimum absolute atomic E-state index is 0.362. The second-order valence-electron chi connectivity index (χ2n) is 4.92. The van der Waals surface area contributed by atoms with Crippen molar-refractivity contribution in [1.29, 1.82) is 0 Å². The molecule has 0 heterocycles. The first-order valence-corrected chi connectivity index (χ1v) is 6.91. The molecule has 0 fully saturated rings. The quantitative estimate of drug-likeness (QED) is 0.821. The van der Waals surface area contributed by atoms with Crippen molar-refractivity contribution in [2.24, 2.45) is 0 Å². The summed E-state index contributed by atoms with van der Waals surface area (Å²) in [6, 6.07) is 7.54. The van der Waals surface area contributed by atoms with Crippen molar-refractivity contribution < 1.29 is 14.6 Å². The van der Waals surface area contributed by atoms with Crippen LogP contribution < -0.4 is 5.32 Å². The number of nitrogens with one attached hydrogen (secondary N) is 1. The third-order valence-corrected chi connectivity index (χ3v) is 3.49. The van der Waals surface area contributed by atoms with E-state index in [1.807, 2.05) is 31.2 Å². The van der Waals surface area contributed by atoms with Gasteiger partial charge in [0.25, 0.3) is 0 Å². The molecule has 0 aromatic heterocycles. The maximum Gasteiger partial charge on any atom is 0.407 e. The lowest BCUT2D eigenvalue weighted by Gasteiger charge is -2.30. The Bertz CT molecular complexity index is 433. The van der Waals surface area contributed by atoms with E-state index in [1.54, 1.807) is 0 Å². The molecule has 19 heavy (non-hydrogen) atoms. The number of ether oxygens (including phenoxy) is 1. The van der Waals surface area contributed by atoms with Gasteiger partial charge in [-0.1, -0.05) is 37.6 Å². The minimum atomic E-state index is -0.548. The molecule has 1 aromatic carbocycles. The van der Waals surface area contributed by atoms with Gasteiger partial charge >= 0.3 is 6.09 Å². The Kier molecular flexibility index (Phi) is 4.80. The summed E-state index contributed by atoms with van der Waals surface area (Å²) in [6.07, 6.45) is 2.36. The van der Waals surface area contributed by atoms with Gasteiger partial charge in [-0.15, -0.1) is 0 Å². The molecule has 2 rings (SSSR count). The number of fused-ring (bicyclic) bond motifs is 1. The highest BCUT2D eigenvalue weighted by Gasteiger charge is 2.29. The van der Waals surface area contributed by atoms with Crippen LogP contribution in [0.4, 0.5) is 4.79 Å². The molecule has 1 aliphatic rings. The van der Waals surface area contributed by atoms with E-state index in [4.69, 9.17) is 4.74 Å². The highest BCUT2D eigenvalue weighted by Crippen LogP contribution is 2.29. The van der Waals surface area contributed by atoms with Crippen LogP contribution in [0, 0.1) is 0 Å². The first-order valence-electron chi connectivity index (χ1n) is 6.91. The zero-order valence-electron chi connectivity index (χ0n) is 11.3. The normalized spacial score (nSPS) is 21.6. The molecule has 1 aliphatic carbocycles. The van der Waals surface area contributed by atoms with Crippen molar-refractivity contribution in [3.63, 3.8) is 0 Å². The van der Waals surface area contributed by atoms with Crippen LogP contribution in [0.15, 0.2) is 24.3 Å². The summed E-state index contributed by atoms with van der Waals surface area (Å²) in [4.78, 5) is 11.7. The lowest BCUT2D eigenvalue weighted by molar-refractivity contribution is 0.0936. The largest absolute Gasteiger partial charge is 0.450 e. The van der Waals surface area contributed by atoms with Crippen molar-refractivity contribution in [3.8, 4) is 0 Å². The fourth-order valence-electron chi connectivity index (χ4n) is 2.39. The van der Waals surface area contributed by atoms with E-state index < -0.39 is 12.2 Å². The number of hydrogen-bond donors (Lipinski definition) is 2. The van der Waals surface area contributed by atoms with Crippen LogP contribution in [0.3, 0.4) is 0 Å². The maximum atomic E-state index is 11.7. The van der Waals surface area contributed by atoms with E-state index in [1.165, 1.54) is 5.56 Å². The van der Waals surface area contributed by atoms with Crippen molar-refractivity contribution in [2.75, 3.05) is 6.61 Å². The molecule has 2 atom stereocenters. The fraction of sp³-hybridized carbons (Fsp3) is 0.533. The summed E-state index contributed by atoms with van der Waals surface area (Å²) in [5.74, 6) is 0. The Morgan fingerprint density at radius 1 is 1.47 bits per heavy atom. The molecule has 1 amide bonds. The SMILES string of the molecule is CCCCOC(=O)NC1c2ccccc2CCC1O. The van der Waals surface area contributed by atoms with E-state index >= 15 is 0 Å². The molecule has 2 unspecified atom stereocenters. The van der Waals surface area contributed by atoms with Crippen molar-refractivity contribution >= 4 is 6.09 Å². The second kappa shape index (κ2) is 6.57. The number of aliphatic hydroxyl groups is 1. The number of benzene rings is 1. The van der Waals surface area contributed by atoms with Gasteiger partial charge in [-0.2, -0.15) is 0 Å². The Hall–Kier alpha value is -1.55. The maximum absolute atomic E-state index is 11.7. The van der Waals surface area contributed by atoms with Crippen molar-refractivity contribution in [2.45, 2.75) is 44.8 Å². The Labute approximate surface area is 113 Å². The minimum Gasteiger partial charge on any atom is -0.450 e. The number of hydrogen-bond acceptors (Lipinski definition) is 3. The number of aliphatic hydroxyl groups excluding tert-OH is 1. The lowest BCUT2D eigenvalue weighted by Crippen LogP contribution is -2.39. The van der Waals surface area contributed by atoms with Crippen LogP contribution >= 0.6 is 0 Å². The predicted octanol–water partition coefficient (Wildman–Crippen LogP) is 2.56. The van der Waals surface area contributed by atoms with Crippen LogP contribution in [0.2, 0.25) is 0 Å². The van der Waals surface area contributed by atoms with Crippen LogP contribution in [0.1, 0.15) is 43.4 Å². The number of alkyl carbamates (subject to hydrolysis) is 1. The molecule has 4 nitrogen and oxygen atoms in total. The average Bonchev–Trinajstić information content (AvgIpc) is 2.42. The number of amides is 1. The third-order valence-electron chi connectivity index (χ3n) is 3.49. The summed E-state index contributed by atoms with van der Waals surface area (Å²) in [6.45, 7) is 2.47. The molecule has 104 valence electrons. The Morgan fingerprint density at radius 2 is 2.26 bits per heavy atom. The summed E-state index contributed by atoms with van der Waals surface area (Å²) >= 11 is 0. The van der Waals surface area contributed by atoms with Gasteiger partial charge < -0.3 is 15.2 Å². The highest BCUT2D eigenvalue weighted by molar-refractivity contribution is 5.68. The highest BCUT2D eigenvalue weighted by atomic mass is 16.5. The van der Waals surface area contributed by atoms with E-state index in [-0.39, 0.29) is 6.04 Å². The molecule has 0 bridgehead atoms. The van der Waals surface area contributed by atoms with Crippen LogP contribution in [0.5, 0.6) is 0 Å². The lowest BCUT2D eigenvalue weighted by atomic mass is 9.86. The number of carbonyl (C=O) groups is 1. The third kappa shape index (κ3) is 3.47. The van der Waals surface area contributed by atoms with Gasteiger partial charge in [-0.05, 0) is 30.4 Å². The first-order chi connectivity index (χ1) is 9.22. The molecule has 2 N–H and O–H groups in total. The van der Waals surface area contributed by atoms with Gasteiger partial charge in [-0.3, -0.25) is 0 Å². The zero-order chi connectivity index (χ0) is 13.7. The van der Waals surface area contributed by atoms with Gasteiger partial charge in [0.2, 0.25) is 0 Å². The molecular weight excluding hydrogens is 242 g/mol. The van der Waals surface area contributed by atoms with E-state index in [0.717, 1.165) is 24.8 Å². The van der Waals surface area contributed by atoms with E-state index in [0.29, 0.717) is 13.0 Å². The van der Waals surface area contributed by atoms with Crippen LogP contribution in [0.25, 0.3) is 0 Å². The number of carbonyl (C=O) groups excluding carboxylic acids is 1. The van der Waals surface area contributed by atoms with Crippen LogP contribution in [-0.4, -0.2) is 23.9 Å². The molecule has 0 radical (unpaired) electrons. The Balaban J connectivity index is 2.01. The van der Waals surface area contributed by atoms with Gasteiger partial charge in [0.15, 0.2) is 0 Å². The fourth-order valence-corrected chi connectivity index (χ4v) is 2.39. The van der Waals surface area contributed by atoms with E-state index in [9.17, 15) is 9.90 Å². The smallest absolute Gasteiger partial charge is 0.407 e. The molecule has 0 spiro atoms. The van der Waals surface area contributed by atoms with Gasteiger partial charge in [0.1, 0.15) is 0 Å². The Morgan fingerprint density at radius 3 is 3.05 bits per heavy atom. The molecular formula is C15H21NO3. The van der Waals surface area contributed by atoms with E-state index in [2.05, 4.69) is 5.32 Å². The molecule has 4 heteroatoms. The van der Waals surface area contributed by atoms with Crippen LogP contribution in [-0.2, 0) is 11.2 Å². The average molecular weight is 263 g/mol. The summed E-state index contributed by atoms with van der Waals surface area (Å²) in [5, 5.41) is 12.8. The molecule has 1 aromatic rings. The molecule has 0 saturated carbocycles. The topological polar surface area (TPSA) is 58.6 Å². The molecule has 0 aliphatic heterocycles. The first kappa shape index (κ1) is 13.9. The predicted molar refractivity (Wildman–Crippen MR) is 72.9 cm³/mol. The second-order valence-corrected chi connectivity index (χ2v) is 4.92. The van der Waals surface area contributed by atoms with Gasteiger partial charge in [0.05, 0.1) is 18.8 Å². The number of aryl methyl sites for hydroxylation is 1. The van der Waals surface area contributed by atoms with Gasteiger partial charge in [0, 0.05) is 0 Å². The van der Waals surface area contributed by atoms with Gasteiger partial charge in [-0.25, -0.2) is 4.79 Å². The summed E-state index contributed by atoms with van der Waals surface area (Å²) in [7, 11) is 0. The monoisotopic (exact) mass is 263 g/mol.